The van der Waals surface area contributed by atoms with E-state index in [2.05, 4.69) is 12.2 Å². The Morgan fingerprint density at radius 2 is 2.05 bits per heavy atom. The van der Waals surface area contributed by atoms with Gasteiger partial charge in [0.1, 0.15) is 5.75 Å². The molecule has 1 unspecified atom stereocenters. The van der Waals surface area contributed by atoms with Crippen LogP contribution in [0.1, 0.15) is 33.6 Å². The van der Waals surface area contributed by atoms with Gasteiger partial charge in [0.05, 0.1) is 5.69 Å². The number of fused-ring (bicyclic) bond motifs is 1. The number of carbonyl (C=O) groups is 2. The van der Waals surface area contributed by atoms with Crippen LogP contribution in [0.5, 0.6) is 5.75 Å². The van der Waals surface area contributed by atoms with Crippen LogP contribution in [0.3, 0.4) is 0 Å². The first kappa shape index (κ1) is 15.4. The lowest BCUT2D eigenvalue weighted by atomic mass is 10.0. The zero-order chi connectivity index (χ0) is 15.5. The molecule has 2 amide bonds. The fourth-order valence-electron chi connectivity index (χ4n) is 2.36. The molecule has 0 spiro atoms. The third kappa shape index (κ3) is 2.86. The molecule has 1 aromatic rings. The largest absolute Gasteiger partial charge is 0.466 e. The molecule has 21 heavy (non-hydrogen) atoms. The molecule has 1 aromatic carbocycles. The molecule has 5 nitrogen and oxygen atoms in total. The number of anilines is 1. The van der Waals surface area contributed by atoms with Gasteiger partial charge in [0.15, 0.2) is 0 Å². The van der Waals surface area contributed by atoms with Gasteiger partial charge in [0, 0.05) is 13.1 Å². The van der Waals surface area contributed by atoms with Crippen molar-refractivity contribution in [2.24, 2.45) is 0 Å². The Morgan fingerprint density at radius 1 is 1.33 bits per heavy atom. The van der Waals surface area contributed by atoms with Gasteiger partial charge in [-0.05, 0) is 32.4 Å². The van der Waals surface area contributed by atoms with Gasteiger partial charge in [0.25, 0.3) is 17.4 Å². The second-order valence-electron chi connectivity index (χ2n) is 5.32. The summed E-state index contributed by atoms with van der Waals surface area (Å²) in [5.74, 6) is -0.175. The number of ether oxygens (including phenoxy) is 1. The Morgan fingerprint density at radius 3 is 2.71 bits per heavy atom. The van der Waals surface area contributed by atoms with E-state index in [4.69, 9.17) is 4.74 Å². The average molecular weight is 290 g/mol. The van der Waals surface area contributed by atoms with Crippen molar-refractivity contribution in [1.82, 2.24) is 4.90 Å². The topological polar surface area (TPSA) is 58.6 Å². The lowest BCUT2D eigenvalue weighted by Crippen LogP contribution is -2.59. The number of unbranched alkanes of at least 4 members (excludes halogenated alkanes) is 1. The summed E-state index contributed by atoms with van der Waals surface area (Å²) in [5.41, 5.74) is -0.901. The van der Waals surface area contributed by atoms with Crippen LogP contribution in [0, 0.1) is 0 Å². The van der Waals surface area contributed by atoms with Crippen LogP contribution in [0.4, 0.5) is 5.69 Å². The molecule has 1 N–H and O–H groups in total. The maximum absolute atomic E-state index is 12.7. The monoisotopic (exact) mass is 290 g/mol. The minimum atomic E-state index is -1.50. The van der Waals surface area contributed by atoms with Crippen molar-refractivity contribution in [3.05, 3.63) is 24.3 Å². The summed E-state index contributed by atoms with van der Waals surface area (Å²) in [5, 5.41) is 2.76. The van der Waals surface area contributed by atoms with Gasteiger partial charge >= 0.3 is 0 Å². The lowest BCUT2D eigenvalue weighted by molar-refractivity contribution is -0.154. The minimum absolute atomic E-state index is 0.287. The van der Waals surface area contributed by atoms with Crippen LogP contribution in [-0.4, -0.2) is 35.4 Å². The number of benzene rings is 1. The summed E-state index contributed by atoms with van der Waals surface area (Å²) in [4.78, 5) is 26.7. The second-order valence-corrected chi connectivity index (χ2v) is 5.32. The summed E-state index contributed by atoms with van der Waals surface area (Å²) in [6, 6.07) is 7.14. The Kier molecular flexibility index (Phi) is 4.50. The van der Waals surface area contributed by atoms with Crippen molar-refractivity contribution >= 4 is 17.5 Å². The maximum atomic E-state index is 12.7. The Hall–Kier alpha value is -2.04. The zero-order valence-electron chi connectivity index (χ0n) is 12.8. The average Bonchev–Trinajstić information content (AvgIpc) is 2.49. The number of nitrogens with one attached hydrogen (secondary N) is 1. The highest BCUT2D eigenvalue weighted by atomic mass is 16.5. The third-order valence-corrected chi connectivity index (χ3v) is 3.74. The fourth-order valence-corrected chi connectivity index (χ4v) is 2.36. The summed E-state index contributed by atoms with van der Waals surface area (Å²) < 4.78 is 5.75. The predicted octanol–water partition coefficient (Wildman–Crippen LogP) is 2.42. The van der Waals surface area contributed by atoms with E-state index in [1.165, 1.54) is 6.92 Å². The van der Waals surface area contributed by atoms with Gasteiger partial charge in [-0.15, -0.1) is 0 Å². The molecule has 114 valence electrons. The van der Waals surface area contributed by atoms with Crippen LogP contribution < -0.4 is 10.1 Å². The van der Waals surface area contributed by atoms with Crippen LogP contribution in [0.25, 0.3) is 0 Å². The highest BCUT2D eigenvalue weighted by Crippen LogP contribution is 2.34. The number of rotatable bonds is 5. The molecule has 0 bridgehead atoms. The van der Waals surface area contributed by atoms with E-state index in [1.54, 1.807) is 17.0 Å². The third-order valence-electron chi connectivity index (χ3n) is 3.74. The predicted molar refractivity (Wildman–Crippen MR) is 81.3 cm³/mol. The van der Waals surface area contributed by atoms with Gasteiger partial charge in [-0.25, -0.2) is 0 Å². The van der Waals surface area contributed by atoms with Crippen LogP contribution in [0.2, 0.25) is 0 Å². The van der Waals surface area contributed by atoms with Gasteiger partial charge < -0.3 is 15.0 Å². The molecule has 1 aliphatic rings. The number of nitrogens with zero attached hydrogens (tertiary/aromatic N) is 1. The van der Waals surface area contributed by atoms with E-state index >= 15 is 0 Å². The second kappa shape index (κ2) is 6.16. The van der Waals surface area contributed by atoms with E-state index in [-0.39, 0.29) is 5.91 Å². The van der Waals surface area contributed by atoms with Crippen molar-refractivity contribution in [3.63, 3.8) is 0 Å². The molecule has 0 saturated heterocycles. The Labute approximate surface area is 125 Å². The molecule has 0 radical (unpaired) electrons. The standard InChI is InChI=1S/C16H22N2O3/c1-4-6-11-18(5-2)15(20)16(3)14(19)17-12-9-7-8-10-13(12)21-16/h7-10H,4-6,11H2,1-3H3,(H,17,19). The molecular formula is C16H22N2O3. The van der Waals surface area contributed by atoms with E-state index < -0.39 is 11.5 Å². The van der Waals surface area contributed by atoms with Crippen molar-refractivity contribution in [1.29, 1.82) is 0 Å². The molecule has 0 aliphatic carbocycles. The van der Waals surface area contributed by atoms with E-state index in [9.17, 15) is 9.59 Å². The molecular weight excluding hydrogens is 268 g/mol. The minimum Gasteiger partial charge on any atom is -0.466 e. The molecule has 2 rings (SSSR count). The SMILES string of the molecule is CCCCN(CC)C(=O)C1(C)Oc2ccccc2NC1=O. The molecule has 1 aliphatic heterocycles. The van der Waals surface area contributed by atoms with Crippen LogP contribution >= 0.6 is 0 Å². The maximum Gasteiger partial charge on any atom is 0.278 e. The van der Waals surface area contributed by atoms with Crippen molar-refractivity contribution < 1.29 is 14.3 Å². The van der Waals surface area contributed by atoms with Crippen molar-refractivity contribution in [2.75, 3.05) is 18.4 Å². The normalized spacial score (nSPS) is 20.2. The Bertz CT molecular complexity index is 544. The fraction of sp³-hybridized carbons (Fsp3) is 0.500. The number of hydrogen-bond donors (Lipinski definition) is 1. The Balaban J connectivity index is 2.25. The van der Waals surface area contributed by atoms with Gasteiger partial charge in [-0.3, -0.25) is 9.59 Å². The van der Waals surface area contributed by atoms with E-state index in [1.807, 2.05) is 19.1 Å². The van der Waals surface area contributed by atoms with E-state index in [0.717, 1.165) is 12.8 Å². The number of amides is 2. The highest BCUT2D eigenvalue weighted by Gasteiger charge is 2.48. The lowest BCUT2D eigenvalue weighted by Gasteiger charge is -2.36. The molecule has 1 heterocycles. The first-order valence-corrected chi connectivity index (χ1v) is 7.41. The molecule has 0 aromatic heterocycles. The smallest absolute Gasteiger partial charge is 0.278 e. The molecule has 5 heteroatoms. The zero-order valence-corrected chi connectivity index (χ0v) is 12.8. The summed E-state index contributed by atoms with van der Waals surface area (Å²) in [6.07, 6.45) is 1.91. The summed E-state index contributed by atoms with van der Waals surface area (Å²) in [7, 11) is 0. The van der Waals surface area contributed by atoms with Crippen LogP contribution in [0.15, 0.2) is 24.3 Å². The van der Waals surface area contributed by atoms with Gasteiger partial charge in [-0.1, -0.05) is 25.5 Å². The first-order valence-electron chi connectivity index (χ1n) is 7.41. The van der Waals surface area contributed by atoms with Crippen LogP contribution in [-0.2, 0) is 9.59 Å². The van der Waals surface area contributed by atoms with E-state index in [0.29, 0.717) is 24.5 Å². The van der Waals surface area contributed by atoms with Crippen molar-refractivity contribution in [2.45, 2.75) is 39.2 Å². The van der Waals surface area contributed by atoms with Crippen molar-refractivity contribution in [3.8, 4) is 5.75 Å². The highest BCUT2D eigenvalue weighted by molar-refractivity contribution is 6.15. The number of hydrogen-bond acceptors (Lipinski definition) is 3. The number of likely N-dealkylation sites (N-methyl/N-ethyl adjacent to an activating group) is 1. The molecule has 1 atom stereocenters. The van der Waals surface area contributed by atoms with Gasteiger partial charge in [-0.2, -0.15) is 0 Å². The summed E-state index contributed by atoms with van der Waals surface area (Å²) >= 11 is 0. The molecule has 0 fully saturated rings. The summed E-state index contributed by atoms with van der Waals surface area (Å²) in [6.45, 7) is 6.72. The number of para-hydroxylation sites is 2. The first-order chi connectivity index (χ1) is 10.0. The van der Waals surface area contributed by atoms with Gasteiger partial charge in [0.2, 0.25) is 0 Å². The quantitative estimate of drug-likeness (QED) is 0.847. The number of carbonyl (C=O) groups excluding carboxylic acids is 2. The molecule has 0 saturated carbocycles.